The molecule has 0 amide bonds. The van der Waals surface area contributed by atoms with Gasteiger partial charge in [0.25, 0.3) is 0 Å². The fourth-order valence-corrected chi connectivity index (χ4v) is 5.17. The van der Waals surface area contributed by atoms with Crippen molar-refractivity contribution in [3.8, 4) is 17.1 Å². The molecule has 3 aromatic heterocycles. The molecule has 9 heteroatoms. The summed E-state index contributed by atoms with van der Waals surface area (Å²) >= 11 is 0. The van der Waals surface area contributed by atoms with Crippen molar-refractivity contribution in [1.29, 1.82) is 0 Å². The number of aryl methyl sites for hydroxylation is 2. The highest BCUT2D eigenvalue weighted by Crippen LogP contribution is 2.43. The molecule has 0 unspecified atom stereocenters. The third-order valence-corrected chi connectivity index (χ3v) is 7.11. The minimum Gasteiger partial charge on any atom is -0.495 e. The summed E-state index contributed by atoms with van der Waals surface area (Å²) in [7, 11) is 3.63. The number of aromatic nitrogens is 5. The van der Waals surface area contributed by atoms with Crippen LogP contribution in [-0.4, -0.2) is 57.9 Å². The summed E-state index contributed by atoms with van der Waals surface area (Å²) in [4.78, 5) is 21.1. The van der Waals surface area contributed by atoms with Gasteiger partial charge in [0.1, 0.15) is 17.1 Å². The van der Waals surface area contributed by atoms with Crippen LogP contribution in [0.15, 0.2) is 42.9 Å². The summed E-state index contributed by atoms with van der Waals surface area (Å²) in [6.07, 6.45) is 7.80. The number of anilines is 3. The maximum absolute atomic E-state index is 5.67. The highest BCUT2D eigenvalue weighted by Gasteiger charge is 2.45. The molecule has 35 heavy (non-hydrogen) atoms. The molecule has 2 fully saturated rings. The van der Waals surface area contributed by atoms with E-state index >= 15 is 0 Å². The first kappa shape index (κ1) is 21.8. The van der Waals surface area contributed by atoms with Gasteiger partial charge in [0.15, 0.2) is 5.82 Å². The quantitative estimate of drug-likeness (QED) is 0.465. The van der Waals surface area contributed by atoms with Gasteiger partial charge in [0.05, 0.1) is 12.8 Å². The number of fused-ring (bicyclic) bond motifs is 1. The van der Waals surface area contributed by atoms with E-state index in [9.17, 15) is 0 Å². The van der Waals surface area contributed by atoms with Crippen LogP contribution in [0.5, 0.6) is 5.75 Å². The Labute approximate surface area is 204 Å². The molecule has 2 aliphatic rings. The smallest absolute Gasteiger partial charge is 0.227 e. The first-order valence-electron chi connectivity index (χ1n) is 11.9. The molecule has 2 aliphatic heterocycles. The molecule has 1 N–H and O–H groups in total. The number of imidazole rings is 1. The maximum atomic E-state index is 5.67. The number of benzene rings is 1. The van der Waals surface area contributed by atoms with Crippen LogP contribution in [-0.2, 0) is 11.8 Å². The molecular formula is C26H29N7O2. The number of pyridine rings is 1. The van der Waals surface area contributed by atoms with Crippen molar-refractivity contribution in [3.05, 3.63) is 48.5 Å². The van der Waals surface area contributed by atoms with Crippen LogP contribution in [0.2, 0.25) is 0 Å². The molecule has 180 valence electrons. The van der Waals surface area contributed by atoms with Crippen LogP contribution in [0, 0.1) is 12.3 Å². The van der Waals surface area contributed by atoms with E-state index in [0.29, 0.717) is 17.1 Å². The van der Waals surface area contributed by atoms with Crippen molar-refractivity contribution >= 4 is 28.4 Å². The lowest BCUT2D eigenvalue weighted by Crippen LogP contribution is -2.59. The molecule has 1 aromatic carbocycles. The zero-order valence-electron chi connectivity index (χ0n) is 20.3. The predicted octanol–water partition coefficient (Wildman–Crippen LogP) is 4.10. The summed E-state index contributed by atoms with van der Waals surface area (Å²) in [5.41, 5.74) is 3.94. The number of rotatable bonds is 5. The summed E-state index contributed by atoms with van der Waals surface area (Å²) in [5, 5.41) is 4.33. The maximum Gasteiger partial charge on any atom is 0.227 e. The first-order valence-corrected chi connectivity index (χ1v) is 11.9. The average Bonchev–Trinajstić information content (AvgIpc) is 3.28. The Balaban J connectivity index is 1.30. The lowest BCUT2D eigenvalue weighted by atomic mass is 9.73. The molecular weight excluding hydrogens is 442 g/mol. The van der Waals surface area contributed by atoms with Crippen LogP contribution in [0.3, 0.4) is 0 Å². The van der Waals surface area contributed by atoms with Gasteiger partial charge in [0.2, 0.25) is 5.95 Å². The number of hydrogen-bond acceptors (Lipinski definition) is 8. The molecule has 4 aromatic rings. The standard InChI is InChI=1S/C26H29N7O2/c1-17-12-19-14-28-25(30-20-5-4-18(13-21(20)34-3)23-27-8-9-32(23)2)31-22(19)24(29-17)33-15-26(16-33)6-10-35-11-7-26/h4-5,8-9,12-14H,6-7,10-11,15-16H2,1-3H3,(H,28,30,31). The monoisotopic (exact) mass is 471 g/mol. The average molecular weight is 472 g/mol. The van der Waals surface area contributed by atoms with E-state index < -0.39 is 0 Å². The Hall–Kier alpha value is -3.72. The van der Waals surface area contributed by atoms with Gasteiger partial charge in [0, 0.05) is 74.0 Å². The third kappa shape index (κ3) is 3.95. The fourth-order valence-electron chi connectivity index (χ4n) is 5.17. The van der Waals surface area contributed by atoms with Crippen molar-refractivity contribution in [2.24, 2.45) is 12.5 Å². The van der Waals surface area contributed by atoms with E-state index in [0.717, 1.165) is 78.6 Å². The van der Waals surface area contributed by atoms with Gasteiger partial charge in [-0.05, 0) is 44.0 Å². The molecule has 0 atom stereocenters. The normalized spacial score (nSPS) is 16.9. The Morgan fingerprint density at radius 2 is 1.91 bits per heavy atom. The molecule has 5 heterocycles. The molecule has 1 spiro atoms. The highest BCUT2D eigenvalue weighted by molar-refractivity contribution is 5.90. The first-order chi connectivity index (χ1) is 17.0. The summed E-state index contributed by atoms with van der Waals surface area (Å²) < 4.78 is 13.2. The molecule has 9 nitrogen and oxygen atoms in total. The minimum absolute atomic E-state index is 0.354. The van der Waals surface area contributed by atoms with Crippen LogP contribution in [0.25, 0.3) is 22.3 Å². The van der Waals surface area contributed by atoms with Crippen LogP contribution in [0.1, 0.15) is 18.5 Å². The van der Waals surface area contributed by atoms with Gasteiger partial charge in [-0.15, -0.1) is 0 Å². The van der Waals surface area contributed by atoms with Crippen LogP contribution in [0.4, 0.5) is 17.5 Å². The van der Waals surface area contributed by atoms with E-state index in [4.69, 9.17) is 19.4 Å². The van der Waals surface area contributed by atoms with E-state index in [1.165, 1.54) is 0 Å². The number of hydrogen-bond donors (Lipinski definition) is 1. The number of nitrogens with zero attached hydrogens (tertiary/aromatic N) is 6. The lowest BCUT2D eigenvalue weighted by Gasteiger charge is -2.52. The fraction of sp³-hybridized carbons (Fsp3) is 0.385. The lowest BCUT2D eigenvalue weighted by molar-refractivity contribution is -0.000372. The molecule has 0 saturated carbocycles. The van der Waals surface area contributed by atoms with Gasteiger partial charge >= 0.3 is 0 Å². The van der Waals surface area contributed by atoms with Crippen molar-refractivity contribution in [1.82, 2.24) is 24.5 Å². The molecule has 6 rings (SSSR count). The molecule has 0 radical (unpaired) electrons. The summed E-state index contributed by atoms with van der Waals surface area (Å²) in [6.45, 7) is 5.72. The Bertz CT molecular complexity index is 1390. The largest absolute Gasteiger partial charge is 0.495 e. The van der Waals surface area contributed by atoms with E-state index in [1.807, 2.05) is 55.2 Å². The van der Waals surface area contributed by atoms with Crippen molar-refractivity contribution in [3.63, 3.8) is 0 Å². The zero-order chi connectivity index (χ0) is 24.0. The number of ether oxygens (including phenoxy) is 2. The van der Waals surface area contributed by atoms with Gasteiger partial charge < -0.3 is 24.3 Å². The number of nitrogens with one attached hydrogen (secondary N) is 1. The van der Waals surface area contributed by atoms with Crippen LogP contribution < -0.4 is 15.0 Å². The SMILES string of the molecule is COc1cc(-c2nccn2C)ccc1Nc1ncc2cc(C)nc(N3CC4(CCOCC4)C3)c2n1. The van der Waals surface area contributed by atoms with Crippen LogP contribution >= 0.6 is 0 Å². The van der Waals surface area contributed by atoms with Gasteiger partial charge in [-0.2, -0.15) is 0 Å². The topological polar surface area (TPSA) is 90.2 Å². The highest BCUT2D eigenvalue weighted by atomic mass is 16.5. The van der Waals surface area contributed by atoms with E-state index in [2.05, 4.69) is 20.2 Å². The number of methoxy groups -OCH3 is 1. The molecule has 0 bridgehead atoms. The van der Waals surface area contributed by atoms with Gasteiger partial charge in [-0.25, -0.2) is 19.9 Å². The zero-order valence-corrected chi connectivity index (χ0v) is 20.3. The van der Waals surface area contributed by atoms with Gasteiger partial charge in [-0.3, -0.25) is 0 Å². The van der Waals surface area contributed by atoms with Gasteiger partial charge in [-0.1, -0.05) is 0 Å². The molecule has 0 aliphatic carbocycles. The second-order valence-electron chi connectivity index (χ2n) is 9.59. The Kier molecular flexibility index (Phi) is 5.29. The second kappa shape index (κ2) is 8.49. The van der Waals surface area contributed by atoms with Crippen molar-refractivity contribution < 1.29 is 9.47 Å². The minimum atomic E-state index is 0.354. The summed E-state index contributed by atoms with van der Waals surface area (Å²) in [6, 6.07) is 7.98. The Morgan fingerprint density at radius 1 is 1.09 bits per heavy atom. The van der Waals surface area contributed by atoms with E-state index in [1.54, 1.807) is 13.3 Å². The Morgan fingerprint density at radius 3 is 2.66 bits per heavy atom. The predicted molar refractivity (Wildman–Crippen MR) is 135 cm³/mol. The second-order valence-corrected chi connectivity index (χ2v) is 9.59. The third-order valence-electron chi connectivity index (χ3n) is 7.11. The molecule has 2 saturated heterocycles. The van der Waals surface area contributed by atoms with Crippen molar-refractivity contribution in [2.75, 3.05) is 43.6 Å². The van der Waals surface area contributed by atoms with E-state index in [-0.39, 0.29) is 0 Å². The summed E-state index contributed by atoms with van der Waals surface area (Å²) in [5.74, 6) is 3.01. The van der Waals surface area contributed by atoms with Crippen molar-refractivity contribution in [2.45, 2.75) is 19.8 Å².